The molecule has 0 aromatic heterocycles. The van der Waals surface area contributed by atoms with Crippen molar-refractivity contribution in [3.63, 3.8) is 0 Å². The molecule has 0 aliphatic carbocycles. The molecule has 1 amide bonds. The fourth-order valence-corrected chi connectivity index (χ4v) is 4.44. The van der Waals surface area contributed by atoms with Gasteiger partial charge < -0.3 is 4.90 Å². The number of ketones is 1. The minimum atomic E-state index is -0.00326. The van der Waals surface area contributed by atoms with Crippen LogP contribution in [-0.2, 0) is 4.79 Å². The van der Waals surface area contributed by atoms with E-state index in [0.717, 1.165) is 10.5 Å². The number of benzene rings is 2. The minimum absolute atomic E-state index is 0.00326. The quantitative estimate of drug-likeness (QED) is 0.504. The Bertz CT molecular complexity index is 790. The Hall–Kier alpha value is -1.49. The van der Waals surface area contributed by atoms with Crippen LogP contribution >= 0.6 is 35.0 Å². The van der Waals surface area contributed by atoms with E-state index in [1.165, 1.54) is 11.8 Å². The first kappa shape index (κ1) is 19.3. The van der Waals surface area contributed by atoms with Gasteiger partial charge in [0, 0.05) is 34.5 Å². The highest BCUT2D eigenvalue weighted by molar-refractivity contribution is 8.00. The second-order valence-corrected chi connectivity index (χ2v) is 8.11. The third-order valence-corrected chi connectivity index (χ3v) is 6.24. The first-order valence-electron chi connectivity index (χ1n) is 8.49. The van der Waals surface area contributed by atoms with Gasteiger partial charge in [0.25, 0.3) is 0 Å². The first-order valence-corrected chi connectivity index (χ1v) is 10.2. The lowest BCUT2D eigenvalue weighted by atomic mass is 9.89. The molecule has 0 saturated carbocycles. The second-order valence-electron chi connectivity index (χ2n) is 6.25. The summed E-state index contributed by atoms with van der Waals surface area (Å²) in [7, 11) is 0. The van der Waals surface area contributed by atoms with Crippen LogP contribution in [0.15, 0.2) is 53.4 Å². The lowest BCUT2D eigenvalue weighted by molar-refractivity contribution is -0.129. The zero-order valence-corrected chi connectivity index (χ0v) is 16.5. The van der Waals surface area contributed by atoms with Crippen molar-refractivity contribution < 1.29 is 9.59 Å². The molecule has 26 heavy (non-hydrogen) atoms. The molecule has 136 valence electrons. The van der Waals surface area contributed by atoms with Crippen molar-refractivity contribution in [3.8, 4) is 0 Å². The molecule has 1 heterocycles. The van der Waals surface area contributed by atoms with Crippen molar-refractivity contribution >= 4 is 46.7 Å². The third kappa shape index (κ3) is 4.81. The number of carbonyl (C=O) groups is 2. The molecule has 2 aromatic rings. The van der Waals surface area contributed by atoms with Crippen LogP contribution in [0.5, 0.6) is 0 Å². The normalized spacial score (nSPS) is 15.1. The van der Waals surface area contributed by atoms with Gasteiger partial charge >= 0.3 is 0 Å². The number of amides is 1. The Morgan fingerprint density at radius 2 is 1.73 bits per heavy atom. The van der Waals surface area contributed by atoms with Gasteiger partial charge in [0.05, 0.1) is 10.8 Å². The predicted octanol–water partition coefficient (Wildman–Crippen LogP) is 5.21. The molecule has 0 N–H and O–H groups in total. The Labute approximate surface area is 167 Å². The van der Waals surface area contributed by atoms with Crippen LogP contribution < -0.4 is 0 Å². The largest absolute Gasteiger partial charge is 0.342 e. The van der Waals surface area contributed by atoms with Crippen LogP contribution in [0.2, 0.25) is 10.0 Å². The standard InChI is InChI=1S/C20H19Cl2NO2S/c21-16-6-7-17(22)18(12-16)26-13-19(24)23-10-8-15(9-11-23)20(25)14-4-2-1-3-5-14/h1-7,12,15H,8-11,13H2. The van der Waals surface area contributed by atoms with Gasteiger partial charge in [0.15, 0.2) is 5.78 Å². The summed E-state index contributed by atoms with van der Waals surface area (Å²) in [5.41, 5.74) is 0.753. The highest BCUT2D eigenvalue weighted by atomic mass is 35.5. The van der Waals surface area contributed by atoms with Gasteiger partial charge in [-0.3, -0.25) is 9.59 Å². The van der Waals surface area contributed by atoms with Gasteiger partial charge in [-0.2, -0.15) is 0 Å². The fourth-order valence-electron chi connectivity index (χ4n) is 3.05. The lowest BCUT2D eigenvalue weighted by Gasteiger charge is -2.31. The van der Waals surface area contributed by atoms with E-state index in [9.17, 15) is 9.59 Å². The van der Waals surface area contributed by atoms with Crippen molar-refractivity contribution in [2.24, 2.45) is 5.92 Å². The van der Waals surface area contributed by atoms with E-state index in [1.807, 2.05) is 35.2 Å². The lowest BCUT2D eigenvalue weighted by Crippen LogP contribution is -2.41. The Kier molecular flexibility index (Phi) is 6.63. The summed E-state index contributed by atoms with van der Waals surface area (Å²) >= 11 is 13.5. The van der Waals surface area contributed by atoms with Crippen LogP contribution in [0, 0.1) is 5.92 Å². The predicted molar refractivity (Wildman–Crippen MR) is 107 cm³/mol. The molecule has 0 unspecified atom stereocenters. The summed E-state index contributed by atoms with van der Waals surface area (Å²) < 4.78 is 0. The molecule has 6 heteroatoms. The van der Waals surface area contributed by atoms with Gasteiger partial charge in [-0.25, -0.2) is 0 Å². The van der Waals surface area contributed by atoms with Gasteiger partial charge in [0.2, 0.25) is 5.91 Å². The highest BCUT2D eigenvalue weighted by Crippen LogP contribution is 2.30. The van der Waals surface area contributed by atoms with E-state index in [4.69, 9.17) is 23.2 Å². The number of carbonyl (C=O) groups excluding carboxylic acids is 2. The summed E-state index contributed by atoms with van der Waals surface area (Å²) in [5.74, 6) is 0.558. The van der Waals surface area contributed by atoms with Crippen molar-refractivity contribution in [2.75, 3.05) is 18.8 Å². The summed E-state index contributed by atoms with van der Waals surface area (Å²) in [6.45, 7) is 1.23. The van der Waals surface area contributed by atoms with Crippen molar-refractivity contribution in [1.29, 1.82) is 0 Å². The van der Waals surface area contributed by atoms with E-state index in [2.05, 4.69) is 0 Å². The maximum Gasteiger partial charge on any atom is 0.232 e. The van der Waals surface area contributed by atoms with Gasteiger partial charge in [0.1, 0.15) is 0 Å². The highest BCUT2D eigenvalue weighted by Gasteiger charge is 2.27. The van der Waals surface area contributed by atoms with Crippen LogP contribution in [0.3, 0.4) is 0 Å². The van der Waals surface area contributed by atoms with E-state index >= 15 is 0 Å². The van der Waals surface area contributed by atoms with Crippen molar-refractivity contribution in [1.82, 2.24) is 4.90 Å². The van der Waals surface area contributed by atoms with Crippen LogP contribution in [0.1, 0.15) is 23.2 Å². The molecule has 0 atom stereocenters. The van der Waals surface area contributed by atoms with E-state index in [1.54, 1.807) is 18.2 Å². The number of rotatable bonds is 5. The van der Waals surface area contributed by atoms with E-state index < -0.39 is 0 Å². The van der Waals surface area contributed by atoms with Gasteiger partial charge in [-0.15, -0.1) is 11.8 Å². The maximum absolute atomic E-state index is 12.5. The molecule has 3 nitrogen and oxygen atoms in total. The molecule has 1 fully saturated rings. The zero-order valence-electron chi connectivity index (χ0n) is 14.2. The number of piperidine rings is 1. The number of thioether (sulfide) groups is 1. The number of Topliss-reactive ketones (excluding diaryl/α,β-unsaturated/α-hetero) is 1. The molecular weight excluding hydrogens is 389 g/mol. The molecule has 1 aliphatic rings. The average Bonchev–Trinajstić information content (AvgIpc) is 2.68. The van der Waals surface area contributed by atoms with Crippen LogP contribution in [-0.4, -0.2) is 35.4 Å². The topological polar surface area (TPSA) is 37.4 Å². The van der Waals surface area contributed by atoms with Gasteiger partial charge in [-0.1, -0.05) is 53.5 Å². The van der Waals surface area contributed by atoms with Crippen LogP contribution in [0.25, 0.3) is 0 Å². The number of halogens is 2. The number of likely N-dealkylation sites (tertiary alicyclic amines) is 1. The van der Waals surface area contributed by atoms with E-state index in [0.29, 0.717) is 41.7 Å². The maximum atomic E-state index is 12.5. The zero-order chi connectivity index (χ0) is 18.5. The molecular formula is C20H19Cl2NO2S. The molecule has 0 spiro atoms. The summed E-state index contributed by atoms with van der Waals surface area (Å²) in [5, 5.41) is 1.20. The molecule has 3 rings (SSSR count). The van der Waals surface area contributed by atoms with Crippen molar-refractivity contribution in [3.05, 3.63) is 64.1 Å². The molecule has 1 saturated heterocycles. The summed E-state index contributed by atoms with van der Waals surface area (Å²) in [4.78, 5) is 27.6. The third-order valence-electron chi connectivity index (χ3n) is 4.52. The van der Waals surface area contributed by atoms with Gasteiger partial charge in [-0.05, 0) is 31.0 Å². The molecule has 0 bridgehead atoms. The summed E-state index contributed by atoms with van der Waals surface area (Å²) in [6, 6.07) is 14.6. The molecule has 1 aliphatic heterocycles. The Morgan fingerprint density at radius 1 is 1.04 bits per heavy atom. The SMILES string of the molecule is O=C(c1ccccc1)C1CCN(C(=O)CSc2cc(Cl)ccc2Cl)CC1. The summed E-state index contributed by atoms with van der Waals surface area (Å²) in [6.07, 6.45) is 1.42. The second kappa shape index (κ2) is 8.94. The number of nitrogens with zero attached hydrogens (tertiary/aromatic N) is 1. The Balaban J connectivity index is 1.50. The first-order chi connectivity index (χ1) is 12.5. The smallest absolute Gasteiger partial charge is 0.232 e. The number of hydrogen-bond donors (Lipinski definition) is 0. The fraction of sp³-hybridized carbons (Fsp3) is 0.300. The molecule has 0 radical (unpaired) electrons. The van der Waals surface area contributed by atoms with E-state index in [-0.39, 0.29) is 17.6 Å². The number of hydrogen-bond acceptors (Lipinski definition) is 3. The van der Waals surface area contributed by atoms with Crippen molar-refractivity contribution in [2.45, 2.75) is 17.7 Å². The Morgan fingerprint density at radius 3 is 2.42 bits per heavy atom. The molecule has 2 aromatic carbocycles. The monoisotopic (exact) mass is 407 g/mol. The van der Waals surface area contributed by atoms with Crippen LogP contribution in [0.4, 0.5) is 0 Å². The average molecular weight is 408 g/mol. The minimum Gasteiger partial charge on any atom is -0.342 e.